The summed E-state index contributed by atoms with van der Waals surface area (Å²) in [6.07, 6.45) is 0.926. The average Bonchev–Trinajstić information content (AvgIpc) is 2.43. The maximum absolute atomic E-state index is 13.6. The van der Waals surface area contributed by atoms with Gasteiger partial charge in [-0.15, -0.1) is 0 Å². The fourth-order valence-electron chi connectivity index (χ4n) is 1.44. The van der Waals surface area contributed by atoms with Gasteiger partial charge in [-0.2, -0.15) is 5.26 Å². The van der Waals surface area contributed by atoms with Gasteiger partial charge in [0.1, 0.15) is 22.3 Å². The van der Waals surface area contributed by atoms with E-state index >= 15 is 0 Å². The van der Waals surface area contributed by atoms with Crippen LogP contribution in [0, 0.1) is 23.0 Å². The zero-order valence-electron chi connectivity index (χ0n) is 10.1. The molecule has 0 spiro atoms. The molecule has 0 bridgehead atoms. The first-order valence-electron chi connectivity index (χ1n) is 5.37. The Kier molecular flexibility index (Phi) is 4.20. The van der Waals surface area contributed by atoms with E-state index in [4.69, 9.17) is 5.26 Å². The van der Waals surface area contributed by atoms with E-state index in [0.29, 0.717) is 0 Å². The van der Waals surface area contributed by atoms with Gasteiger partial charge in [-0.05, 0) is 24.3 Å². The van der Waals surface area contributed by atoms with Crippen LogP contribution < -0.4 is 4.72 Å². The molecular formula is C12H6BrF2N3O2S. The second kappa shape index (κ2) is 5.75. The van der Waals surface area contributed by atoms with E-state index in [9.17, 15) is 17.2 Å². The summed E-state index contributed by atoms with van der Waals surface area (Å²) in [5, 5.41) is 8.58. The summed E-state index contributed by atoms with van der Waals surface area (Å²) in [6, 6.07) is 5.88. The van der Waals surface area contributed by atoms with Crippen LogP contribution in [0.15, 0.2) is 39.8 Å². The van der Waals surface area contributed by atoms with Gasteiger partial charge in [0.05, 0.1) is 0 Å². The molecule has 1 aromatic heterocycles. The molecule has 0 aliphatic rings. The monoisotopic (exact) mass is 373 g/mol. The van der Waals surface area contributed by atoms with Crippen molar-refractivity contribution < 1.29 is 17.2 Å². The van der Waals surface area contributed by atoms with E-state index in [1.807, 2.05) is 4.72 Å². The topological polar surface area (TPSA) is 82.8 Å². The van der Waals surface area contributed by atoms with Crippen LogP contribution in [-0.2, 0) is 10.0 Å². The lowest BCUT2D eigenvalue weighted by Crippen LogP contribution is -2.15. The van der Waals surface area contributed by atoms with E-state index in [1.165, 1.54) is 6.07 Å². The molecule has 0 saturated heterocycles. The van der Waals surface area contributed by atoms with E-state index < -0.39 is 27.3 Å². The normalized spacial score (nSPS) is 11.0. The SMILES string of the molecule is N#Cc1ccc(S(=O)(=O)Nc2c(F)cc(Br)cc2F)cn1. The molecule has 0 aliphatic heterocycles. The molecule has 0 fully saturated rings. The third-order valence-corrected chi connectivity index (χ3v) is 4.20. The molecular weight excluding hydrogens is 368 g/mol. The number of aromatic nitrogens is 1. The van der Waals surface area contributed by atoms with Crippen molar-refractivity contribution in [2.45, 2.75) is 4.90 Å². The summed E-state index contributed by atoms with van der Waals surface area (Å²) in [4.78, 5) is 3.27. The Balaban J connectivity index is 2.40. The molecule has 2 aromatic rings. The number of anilines is 1. The number of rotatable bonds is 3. The van der Waals surface area contributed by atoms with Crippen LogP contribution in [0.1, 0.15) is 5.69 Å². The van der Waals surface area contributed by atoms with E-state index in [-0.39, 0.29) is 15.1 Å². The Bertz CT molecular complexity index is 810. The van der Waals surface area contributed by atoms with Gasteiger partial charge < -0.3 is 0 Å². The number of nitriles is 1. The molecule has 2 rings (SSSR count). The summed E-state index contributed by atoms with van der Waals surface area (Å²) in [5.41, 5.74) is -0.766. The van der Waals surface area contributed by atoms with Crippen LogP contribution in [0.3, 0.4) is 0 Å². The van der Waals surface area contributed by atoms with Crippen LogP contribution in [0.2, 0.25) is 0 Å². The smallest absolute Gasteiger partial charge is 0.263 e. The molecule has 0 radical (unpaired) electrons. The zero-order chi connectivity index (χ0) is 15.6. The number of nitrogens with zero attached hydrogens (tertiary/aromatic N) is 2. The van der Waals surface area contributed by atoms with E-state index in [2.05, 4.69) is 20.9 Å². The number of hydrogen-bond acceptors (Lipinski definition) is 4. The Morgan fingerprint density at radius 2 is 1.86 bits per heavy atom. The lowest BCUT2D eigenvalue weighted by molar-refractivity contribution is 0.581. The minimum Gasteiger partial charge on any atom is -0.274 e. The van der Waals surface area contributed by atoms with Gasteiger partial charge in [0.2, 0.25) is 0 Å². The molecule has 5 nitrogen and oxygen atoms in total. The van der Waals surface area contributed by atoms with Crippen molar-refractivity contribution in [3.05, 3.63) is 52.3 Å². The van der Waals surface area contributed by atoms with Gasteiger partial charge in [0, 0.05) is 10.7 Å². The fourth-order valence-corrected chi connectivity index (χ4v) is 2.86. The Morgan fingerprint density at radius 3 is 2.33 bits per heavy atom. The van der Waals surface area contributed by atoms with Gasteiger partial charge in [-0.1, -0.05) is 15.9 Å². The van der Waals surface area contributed by atoms with E-state index in [1.54, 1.807) is 6.07 Å². The summed E-state index contributed by atoms with van der Waals surface area (Å²) < 4.78 is 53.2. The maximum Gasteiger partial charge on any atom is 0.263 e. The lowest BCUT2D eigenvalue weighted by atomic mass is 10.3. The summed E-state index contributed by atoms with van der Waals surface area (Å²) >= 11 is 2.89. The molecule has 0 aliphatic carbocycles. The van der Waals surface area contributed by atoms with Crippen molar-refractivity contribution in [3.8, 4) is 6.07 Å². The Morgan fingerprint density at radius 1 is 1.24 bits per heavy atom. The average molecular weight is 374 g/mol. The minimum atomic E-state index is -4.21. The fraction of sp³-hybridized carbons (Fsp3) is 0. The highest BCUT2D eigenvalue weighted by atomic mass is 79.9. The largest absolute Gasteiger partial charge is 0.274 e. The Hall–Kier alpha value is -2.05. The van der Waals surface area contributed by atoms with Gasteiger partial charge in [0.15, 0.2) is 11.6 Å². The molecule has 0 atom stereocenters. The zero-order valence-corrected chi connectivity index (χ0v) is 12.5. The van der Waals surface area contributed by atoms with Crippen molar-refractivity contribution in [3.63, 3.8) is 0 Å². The predicted molar refractivity (Wildman–Crippen MR) is 73.8 cm³/mol. The van der Waals surface area contributed by atoms with Crippen LogP contribution in [0.5, 0.6) is 0 Å². The summed E-state index contributed by atoms with van der Waals surface area (Å²) in [5.74, 6) is -2.13. The van der Waals surface area contributed by atoms with Crippen LogP contribution in [0.25, 0.3) is 0 Å². The van der Waals surface area contributed by atoms with Crippen molar-refractivity contribution in [1.29, 1.82) is 5.26 Å². The highest BCUT2D eigenvalue weighted by Gasteiger charge is 2.20. The number of benzene rings is 1. The number of nitrogens with one attached hydrogen (secondary N) is 1. The first-order valence-corrected chi connectivity index (χ1v) is 7.64. The number of hydrogen-bond donors (Lipinski definition) is 1. The highest BCUT2D eigenvalue weighted by Crippen LogP contribution is 2.26. The first-order chi connectivity index (χ1) is 9.83. The second-order valence-corrected chi connectivity index (χ2v) is 6.44. The van der Waals surface area contributed by atoms with E-state index in [0.717, 1.165) is 24.4 Å². The van der Waals surface area contributed by atoms with Crippen LogP contribution >= 0.6 is 15.9 Å². The van der Waals surface area contributed by atoms with Crippen molar-refractivity contribution in [1.82, 2.24) is 4.98 Å². The van der Waals surface area contributed by atoms with Crippen LogP contribution in [0.4, 0.5) is 14.5 Å². The predicted octanol–water partition coefficient (Wildman–Crippen LogP) is 2.79. The third-order valence-electron chi connectivity index (χ3n) is 2.40. The molecule has 1 N–H and O–H groups in total. The molecule has 9 heteroatoms. The molecule has 1 aromatic carbocycles. The van der Waals surface area contributed by atoms with Crippen molar-refractivity contribution in [2.24, 2.45) is 0 Å². The standard InChI is InChI=1S/C12H6BrF2N3O2S/c13-7-3-10(14)12(11(15)4-7)18-21(19,20)9-2-1-8(5-16)17-6-9/h1-4,6,18H. The number of halogens is 3. The van der Waals surface area contributed by atoms with Gasteiger partial charge in [-0.3, -0.25) is 4.72 Å². The Labute approximate surface area is 127 Å². The van der Waals surface area contributed by atoms with Crippen molar-refractivity contribution in [2.75, 3.05) is 4.72 Å². The second-order valence-electron chi connectivity index (χ2n) is 3.84. The lowest BCUT2D eigenvalue weighted by Gasteiger charge is -2.10. The van der Waals surface area contributed by atoms with Crippen molar-refractivity contribution >= 4 is 31.6 Å². The summed E-state index contributed by atoms with van der Waals surface area (Å²) in [6.45, 7) is 0. The van der Waals surface area contributed by atoms with Gasteiger partial charge in [-0.25, -0.2) is 22.2 Å². The molecule has 21 heavy (non-hydrogen) atoms. The minimum absolute atomic E-state index is 0.0231. The first kappa shape index (κ1) is 15.3. The van der Waals surface area contributed by atoms with Crippen LogP contribution in [-0.4, -0.2) is 13.4 Å². The number of pyridine rings is 1. The quantitative estimate of drug-likeness (QED) is 0.896. The molecule has 108 valence electrons. The third kappa shape index (κ3) is 3.34. The highest BCUT2D eigenvalue weighted by molar-refractivity contribution is 9.10. The molecule has 0 amide bonds. The molecule has 0 saturated carbocycles. The van der Waals surface area contributed by atoms with Gasteiger partial charge in [0.25, 0.3) is 10.0 Å². The van der Waals surface area contributed by atoms with Gasteiger partial charge >= 0.3 is 0 Å². The molecule has 1 heterocycles. The maximum atomic E-state index is 13.6. The summed E-state index contributed by atoms with van der Waals surface area (Å²) in [7, 11) is -4.21. The number of sulfonamides is 1. The molecule has 0 unspecified atom stereocenters.